The molecular formula is C25H30N4O6S3. The summed E-state index contributed by atoms with van der Waals surface area (Å²) in [5.41, 5.74) is 1.18. The molecule has 204 valence electrons. The van der Waals surface area contributed by atoms with Gasteiger partial charge in [-0.05, 0) is 56.3 Å². The van der Waals surface area contributed by atoms with Gasteiger partial charge in [0.05, 0.1) is 32.2 Å². The molecule has 0 aliphatic carbocycles. The number of carbonyl (C=O) groups excluding carboxylic acids is 1. The van der Waals surface area contributed by atoms with Crippen LogP contribution in [0.15, 0.2) is 52.3 Å². The second kappa shape index (κ2) is 10.2. The molecule has 1 aromatic heterocycles. The van der Waals surface area contributed by atoms with E-state index in [0.29, 0.717) is 44.8 Å². The number of fused-ring (bicyclic) bond motifs is 1. The van der Waals surface area contributed by atoms with Crippen LogP contribution in [0.1, 0.15) is 24.2 Å². The molecule has 3 heterocycles. The molecule has 2 unspecified atom stereocenters. The van der Waals surface area contributed by atoms with Gasteiger partial charge in [0.1, 0.15) is 0 Å². The van der Waals surface area contributed by atoms with Crippen LogP contribution in [0.2, 0.25) is 0 Å². The Balaban J connectivity index is 1.23. The van der Waals surface area contributed by atoms with E-state index in [-0.39, 0.29) is 27.9 Å². The second-order valence-electron chi connectivity index (χ2n) is 9.78. The first-order chi connectivity index (χ1) is 17.9. The fraction of sp³-hybridized carbons (Fsp3) is 0.440. The summed E-state index contributed by atoms with van der Waals surface area (Å²) in [7, 11) is -6.97. The minimum absolute atomic E-state index is 0.149. The smallest absolute Gasteiger partial charge is 0.253 e. The number of anilines is 1. The molecule has 2 saturated heterocycles. The van der Waals surface area contributed by atoms with Crippen LogP contribution in [-0.2, 0) is 24.6 Å². The Morgan fingerprint density at radius 1 is 0.921 bits per heavy atom. The molecule has 2 atom stereocenters. The van der Waals surface area contributed by atoms with Gasteiger partial charge in [0, 0.05) is 51.1 Å². The lowest BCUT2D eigenvalue weighted by molar-refractivity contribution is -0.0440. The van der Waals surface area contributed by atoms with Gasteiger partial charge in [0.15, 0.2) is 15.0 Å². The number of nitrogens with zero attached hydrogens (tertiary/aromatic N) is 4. The molecule has 13 heteroatoms. The van der Waals surface area contributed by atoms with Crippen molar-refractivity contribution in [2.45, 2.75) is 35.8 Å². The topological polar surface area (TPSA) is 117 Å². The molecule has 5 rings (SSSR count). The summed E-state index contributed by atoms with van der Waals surface area (Å²) in [6, 6.07) is 11.1. The molecule has 3 aromatic rings. The molecule has 0 radical (unpaired) electrons. The van der Waals surface area contributed by atoms with Crippen LogP contribution in [0, 0.1) is 0 Å². The number of sulfone groups is 1. The van der Waals surface area contributed by atoms with Crippen molar-refractivity contribution in [2.75, 3.05) is 50.4 Å². The van der Waals surface area contributed by atoms with Gasteiger partial charge in [0.25, 0.3) is 5.91 Å². The number of piperazine rings is 1. The van der Waals surface area contributed by atoms with Crippen LogP contribution < -0.4 is 4.90 Å². The number of aromatic nitrogens is 1. The van der Waals surface area contributed by atoms with Gasteiger partial charge in [-0.25, -0.2) is 21.8 Å². The van der Waals surface area contributed by atoms with Crippen molar-refractivity contribution in [3.05, 3.63) is 48.0 Å². The van der Waals surface area contributed by atoms with Crippen molar-refractivity contribution >= 4 is 52.5 Å². The summed E-state index contributed by atoms with van der Waals surface area (Å²) in [6.45, 7) is 6.46. The van der Waals surface area contributed by atoms with Gasteiger partial charge in [-0.2, -0.15) is 4.31 Å². The van der Waals surface area contributed by atoms with Crippen molar-refractivity contribution in [1.82, 2.24) is 14.2 Å². The van der Waals surface area contributed by atoms with Crippen LogP contribution in [-0.4, -0.2) is 94.7 Å². The summed E-state index contributed by atoms with van der Waals surface area (Å²) in [6.07, 6.45) is 0.825. The largest absolute Gasteiger partial charge is 0.373 e. The highest BCUT2D eigenvalue weighted by Crippen LogP contribution is 2.31. The average Bonchev–Trinajstić information content (AvgIpc) is 3.31. The monoisotopic (exact) mass is 578 g/mol. The molecule has 2 aliphatic heterocycles. The average molecular weight is 579 g/mol. The van der Waals surface area contributed by atoms with E-state index >= 15 is 0 Å². The van der Waals surface area contributed by atoms with E-state index in [1.165, 1.54) is 34.0 Å². The molecule has 1 amide bonds. The third kappa shape index (κ3) is 5.43. The lowest BCUT2D eigenvalue weighted by atomic mass is 10.2. The number of carbonyl (C=O) groups is 1. The van der Waals surface area contributed by atoms with E-state index in [1.807, 2.05) is 13.8 Å². The molecule has 38 heavy (non-hydrogen) atoms. The van der Waals surface area contributed by atoms with Crippen LogP contribution in [0.5, 0.6) is 0 Å². The molecule has 2 aromatic carbocycles. The maximum atomic E-state index is 13.1. The number of benzene rings is 2. The highest BCUT2D eigenvalue weighted by Gasteiger charge is 2.32. The zero-order chi connectivity index (χ0) is 27.2. The van der Waals surface area contributed by atoms with Gasteiger partial charge >= 0.3 is 0 Å². The van der Waals surface area contributed by atoms with Gasteiger partial charge < -0.3 is 14.5 Å². The first-order valence-corrected chi connectivity index (χ1v) is 16.5. The van der Waals surface area contributed by atoms with E-state index in [1.54, 1.807) is 35.2 Å². The number of amides is 1. The van der Waals surface area contributed by atoms with E-state index in [4.69, 9.17) is 4.74 Å². The summed E-state index contributed by atoms with van der Waals surface area (Å²) in [5, 5.41) is 0.791. The zero-order valence-corrected chi connectivity index (χ0v) is 23.9. The number of ether oxygens (including phenoxy) is 1. The van der Waals surface area contributed by atoms with E-state index in [9.17, 15) is 21.6 Å². The number of morpholine rings is 1. The lowest BCUT2D eigenvalue weighted by Gasteiger charge is -2.35. The summed E-state index contributed by atoms with van der Waals surface area (Å²) in [4.78, 5) is 22.0. The first kappa shape index (κ1) is 27.0. The van der Waals surface area contributed by atoms with Gasteiger partial charge in [-0.3, -0.25) is 4.79 Å². The molecule has 10 nitrogen and oxygen atoms in total. The summed E-state index contributed by atoms with van der Waals surface area (Å²) < 4.78 is 57.8. The quantitative estimate of drug-likeness (QED) is 0.453. The van der Waals surface area contributed by atoms with Crippen LogP contribution in [0.4, 0.5) is 5.13 Å². The van der Waals surface area contributed by atoms with E-state index in [2.05, 4.69) is 9.88 Å². The van der Waals surface area contributed by atoms with E-state index in [0.717, 1.165) is 15.3 Å². The Morgan fingerprint density at radius 3 is 2.13 bits per heavy atom. The van der Waals surface area contributed by atoms with Crippen molar-refractivity contribution in [2.24, 2.45) is 0 Å². The summed E-state index contributed by atoms with van der Waals surface area (Å²) >= 11 is 1.43. The third-order valence-corrected chi connectivity index (χ3v) is 10.8. The minimum Gasteiger partial charge on any atom is -0.373 e. The molecule has 2 aliphatic rings. The normalized spacial score (nSPS) is 21.7. The number of thiazole rings is 1. The highest BCUT2D eigenvalue weighted by molar-refractivity contribution is 7.90. The number of rotatable bonds is 5. The predicted molar refractivity (Wildman–Crippen MR) is 146 cm³/mol. The van der Waals surface area contributed by atoms with Crippen molar-refractivity contribution in [3.63, 3.8) is 0 Å². The SMILES string of the molecule is CC1CN(S(=O)(=O)c2ccc(C(=O)N3CCN(c4nc5ccc(S(C)(=O)=O)cc5s4)CC3)cc2)CC(C)O1. The Labute approximate surface area is 226 Å². The first-order valence-electron chi connectivity index (χ1n) is 12.3. The lowest BCUT2D eigenvalue weighted by Crippen LogP contribution is -2.48. The molecule has 0 spiro atoms. The number of sulfonamides is 1. The molecule has 0 saturated carbocycles. The van der Waals surface area contributed by atoms with Crippen LogP contribution >= 0.6 is 11.3 Å². The van der Waals surface area contributed by atoms with Crippen LogP contribution in [0.3, 0.4) is 0 Å². The molecule has 2 fully saturated rings. The Bertz CT molecular complexity index is 1550. The second-order valence-corrected chi connectivity index (χ2v) is 14.7. The number of hydrogen-bond acceptors (Lipinski definition) is 9. The molecule has 0 bridgehead atoms. The Morgan fingerprint density at radius 2 is 1.53 bits per heavy atom. The van der Waals surface area contributed by atoms with Gasteiger partial charge in [-0.15, -0.1) is 0 Å². The Kier molecular flexibility index (Phi) is 7.24. The maximum absolute atomic E-state index is 13.1. The van der Waals surface area contributed by atoms with Gasteiger partial charge in [-0.1, -0.05) is 11.3 Å². The number of hydrogen-bond donors (Lipinski definition) is 0. The van der Waals surface area contributed by atoms with Crippen LogP contribution in [0.25, 0.3) is 10.2 Å². The Hall–Kier alpha value is -2.58. The van der Waals surface area contributed by atoms with Crippen molar-refractivity contribution < 1.29 is 26.4 Å². The highest BCUT2D eigenvalue weighted by atomic mass is 32.2. The third-order valence-electron chi connectivity index (χ3n) is 6.74. The maximum Gasteiger partial charge on any atom is 0.253 e. The minimum atomic E-state index is -3.67. The molecular weight excluding hydrogens is 548 g/mol. The zero-order valence-electron chi connectivity index (χ0n) is 21.4. The molecule has 0 N–H and O–H groups in total. The fourth-order valence-corrected chi connectivity index (χ4v) is 8.16. The van der Waals surface area contributed by atoms with Crippen molar-refractivity contribution in [1.29, 1.82) is 0 Å². The van der Waals surface area contributed by atoms with Gasteiger partial charge in [0.2, 0.25) is 10.0 Å². The predicted octanol–water partition coefficient (Wildman–Crippen LogP) is 2.46. The summed E-state index contributed by atoms with van der Waals surface area (Å²) in [5.74, 6) is -0.149. The standard InChI is InChI=1S/C25H30N4O6S3/c1-17-15-29(16-18(2)35-17)38(33,34)20-6-4-19(5-7-20)24(30)27-10-12-28(13-11-27)25-26-22-9-8-21(37(3,31)32)14-23(22)36-25/h4-9,14,17-18H,10-13,15-16H2,1-3H3. The fourth-order valence-electron chi connectivity index (χ4n) is 4.79. The van der Waals surface area contributed by atoms with E-state index < -0.39 is 19.9 Å². The van der Waals surface area contributed by atoms with Crippen molar-refractivity contribution in [3.8, 4) is 0 Å².